The van der Waals surface area contributed by atoms with Crippen molar-refractivity contribution in [3.63, 3.8) is 0 Å². The van der Waals surface area contributed by atoms with E-state index in [9.17, 15) is 24.0 Å². The van der Waals surface area contributed by atoms with Gasteiger partial charge in [0, 0.05) is 94.7 Å². The third-order valence-corrected chi connectivity index (χ3v) is 14.8. The molecule has 2 bridgehead atoms. The Kier molecular flexibility index (Phi) is 10.5. The summed E-state index contributed by atoms with van der Waals surface area (Å²) in [5.74, 6) is 5.24. The van der Waals surface area contributed by atoms with Crippen molar-refractivity contribution < 1.29 is 28.7 Å². The molecule has 4 heterocycles. The van der Waals surface area contributed by atoms with Gasteiger partial charge < -0.3 is 30.9 Å². The average Bonchev–Trinajstić information content (AvgIpc) is 3.83. The van der Waals surface area contributed by atoms with Crippen molar-refractivity contribution in [1.82, 2.24) is 20.9 Å². The summed E-state index contributed by atoms with van der Waals surface area (Å²) in [6, 6.07) is 19.9. The standard InChI is InChI=1S/C49H46Cl2N6O6/c1-63-40-22-28(15-16-30(40)44(59)52-21-7-2-4-10-27-11-8-12-29-33(27)26-57(46(29)61)39-17-18-41(58)55-45(39)60)53-25-38-43-31-13-9-14-35(50)42(31)32-23-34-37(24-36(32)51)54-47(62)49(34,43)48(56-38)19-5-3-6-20-48/h8-9,11-16,22-24,38-39,43,53,56H,2-3,5-7,17-21,25-26H2,1H3,(H,52,59)(H,54,62)(H,55,58,60)/t38?,39?,43-,49+/m0/s1. The minimum atomic E-state index is -0.862. The largest absolute Gasteiger partial charge is 0.496 e. The van der Waals surface area contributed by atoms with Gasteiger partial charge in [0.1, 0.15) is 17.2 Å². The average molecular weight is 886 g/mol. The molecule has 0 aromatic heterocycles. The maximum atomic E-state index is 14.7. The molecule has 4 aromatic rings. The molecule has 2 spiro atoms. The predicted molar refractivity (Wildman–Crippen MR) is 240 cm³/mol. The first-order valence-corrected chi connectivity index (χ1v) is 22.5. The Morgan fingerprint density at radius 3 is 2.59 bits per heavy atom. The maximum Gasteiger partial charge on any atom is 0.255 e. The van der Waals surface area contributed by atoms with Gasteiger partial charge in [-0.1, -0.05) is 72.5 Å². The number of rotatable bonds is 9. The van der Waals surface area contributed by atoms with Gasteiger partial charge >= 0.3 is 0 Å². The molecule has 6 aliphatic rings. The highest BCUT2D eigenvalue weighted by molar-refractivity contribution is 6.37. The van der Waals surface area contributed by atoms with Crippen LogP contribution in [0.5, 0.6) is 5.75 Å². The Bertz CT molecular complexity index is 2700. The fourth-order valence-corrected chi connectivity index (χ4v) is 12.0. The van der Waals surface area contributed by atoms with Crippen molar-refractivity contribution in [2.45, 2.75) is 93.3 Å². The molecule has 1 saturated carbocycles. The number of fused-ring (bicyclic) bond motifs is 5. The summed E-state index contributed by atoms with van der Waals surface area (Å²) in [6.45, 7) is 1.13. The van der Waals surface area contributed by atoms with Crippen molar-refractivity contribution in [2.24, 2.45) is 0 Å². The number of methoxy groups -OCH3 is 1. The van der Waals surface area contributed by atoms with Gasteiger partial charge in [0.25, 0.3) is 11.8 Å². The molecule has 2 aliphatic carbocycles. The predicted octanol–water partition coefficient (Wildman–Crippen LogP) is 7.07. The van der Waals surface area contributed by atoms with Crippen LogP contribution in [0, 0.1) is 11.8 Å². The highest BCUT2D eigenvalue weighted by atomic mass is 35.5. The van der Waals surface area contributed by atoms with E-state index >= 15 is 0 Å². The first-order chi connectivity index (χ1) is 30.5. The number of nitrogens with one attached hydrogen (secondary N) is 5. The lowest BCUT2D eigenvalue weighted by molar-refractivity contribution is -0.137. The zero-order chi connectivity index (χ0) is 43.6. The van der Waals surface area contributed by atoms with Gasteiger partial charge in [0.2, 0.25) is 17.7 Å². The first kappa shape index (κ1) is 41.2. The maximum absolute atomic E-state index is 14.7. The van der Waals surface area contributed by atoms with Crippen LogP contribution in [0.2, 0.25) is 10.0 Å². The van der Waals surface area contributed by atoms with E-state index in [-0.39, 0.29) is 48.6 Å². The molecule has 2 unspecified atom stereocenters. The van der Waals surface area contributed by atoms with Crippen LogP contribution >= 0.6 is 23.2 Å². The lowest BCUT2D eigenvalue weighted by atomic mass is 9.56. The zero-order valence-corrected chi connectivity index (χ0v) is 36.2. The van der Waals surface area contributed by atoms with Crippen molar-refractivity contribution >= 4 is 64.1 Å². The van der Waals surface area contributed by atoms with Crippen molar-refractivity contribution in [2.75, 3.05) is 30.8 Å². The molecule has 3 fully saturated rings. The van der Waals surface area contributed by atoms with Crippen molar-refractivity contribution in [1.29, 1.82) is 0 Å². The van der Waals surface area contributed by atoms with Gasteiger partial charge in [-0.25, -0.2) is 0 Å². The highest BCUT2D eigenvalue weighted by Gasteiger charge is 2.71. The number of imide groups is 1. The molecule has 5 amide bonds. The number of halogens is 2. The minimum Gasteiger partial charge on any atom is -0.496 e. The van der Waals surface area contributed by atoms with Crippen LogP contribution in [0.3, 0.4) is 0 Å². The van der Waals surface area contributed by atoms with E-state index < -0.39 is 22.9 Å². The third kappa shape index (κ3) is 6.58. The lowest BCUT2D eigenvalue weighted by Gasteiger charge is -2.46. The van der Waals surface area contributed by atoms with E-state index in [1.54, 1.807) is 25.3 Å². The summed E-state index contributed by atoms with van der Waals surface area (Å²) in [7, 11) is 1.54. The number of unbranched alkanes of at least 4 members (excludes halogenated alkanes) is 1. The summed E-state index contributed by atoms with van der Waals surface area (Å²) in [6.07, 6.45) is 6.50. The van der Waals surface area contributed by atoms with E-state index in [1.165, 1.54) is 4.90 Å². The number of ether oxygens (including phenoxy) is 1. The number of anilines is 2. The number of carbonyl (C=O) groups is 5. The van der Waals surface area contributed by atoms with E-state index in [0.717, 1.165) is 76.9 Å². The van der Waals surface area contributed by atoms with Crippen LogP contribution in [-0.4, -0.2) is 72.3 Å². The van der Waals surface area contributed by atoms with Crippen LogP contribution in [0.1, 0.15) is 107 Å². The van der Waals surface area contributed by atoms with Gasteiger partial charge in [-0.15, -0.1) is 0 Å². The van der Waals surface area contributed by atoms with Crippen LogP contribution < -0.4 is 31.3 Å². The smallest absolute Gasteiger partial charge is 0.255 e. The fraction of sp³-hybridized carbons (Fsp3) is 0.367. The van der Waals surface area contributed by atoms with Gasteiger partial charge in [-0.3, -0.25) is 29.3 Å². The van der Waals surface area contributed by atoms with E-state index in [4.69, 9.17) is 27.9 Å². The molecule has 14 heteroatoms. The van der Waals surface area contributed by atoms with E-state index in [2.05, 4.69) is 50.6 Å². The number of nitrogens with zero attached hydrogens (tertiary/aromatic N) is 1. The molecule has 4 aliphatic heterocycles. The minimum absolute atomic E-state index is 0.00154. The topological polar surface area (TPSA) is 158 Å². The van der Waals surface area contributed by atoms with Crippen molar-refractivity contribution in [3.05, 3.63) is 110 Å². The number of piperidine rings is 1. The molecule has 5 N–H and O–H groups in total. The fourth-order valence-electron chi connectivity index (χ4n) is 11.4. The molecule has 12 nitrogen and oxygen atoms in total. The molecular formula is C49H46Cl2N6O6. The Morgan fingerprint density at radius 2 is 1.78 bits per heavy atom. The Labute approximate surface area is 375 Å². The highest BCUT2D eigenvalue weighted by Crippen LogP contribution is 2.65. The van der Waals surface area contributed by atoms with Crippen LogP contribution in [0.25, 0.3) is 11.1 Å². The number of hydrogen-bond acceptors (Lipinski definition) is 8. The van der Waals surface area contributed by atoms with Gasteiger partial charge in [0.15, 0.2) is 0 Å². The number of benzene rings is 4. The third-order valence-electron chi connectivity index (χ3n) is 14.1. The molecule has 2 saturated heterocycles. The Balaban J connectivity index is 0.812. The van der Waals surface area contributed by atoms with Gasteiger partial charge in [-0.2, -0.15) is 0 Å². The first-order valence-electron chi connectivity index (χ1n) is 21.7. The van der Waals surface area contributed by atoms with Crippen molar-refractivity contribution in [3.8, 4) is 28.7 Å². The molecular weight excluding hydrogens is 839 g/mol. The van der Waals surface area contributed by atoms with Crippen LogP contribution in [0.15, 0.2) is 66.7 Å². The zero-order valence-electron chi connectivity index (χ0n) is 34.7. The summed E-state index contributed by atoms with van der Waals surface area (Å²) in [4.78, 5) is 67.0. The Hall–Kier alpha value is -5.87. The quantitative estimate of drug-likeness (QED) is 0.0680. The second kappa shape index (κ2) is 16.0. The number of carbonyl (C=O) groups excluding carboxylic acids is 5. The summed E-state index contributed by atoms with van der Waals surface area (Å²) >= 11 is 13.9. The summed E-state index contributed by atoms with van der Waals surface area (Å²) < 4.78 is 5.73. The van der Waals surface area contributed by atoms with Crippen LogP contribution in [-0.2, 0) is 26.3 Å². The number of hydrogen-bond donors (Lipinski definition) is 5. The van der Waals surface area contributed by atoms with Gasteiger partial charge in [0.05, 0.1) is 17.7 Å². The molecule has 10 rings (SSSR count). The van der Waals surface area contributed by atoms with Crippen LogP contribution in [0.4, 0.5) is 11.4 Å². The molecule has 4 aromatic carbocycles. The molecule has 4 atom stereocenters. The Morgan fingerprint density at radius 1 is 0.952 bits per heavy atom. The second-order valence-electron chi connectivity index (χ2n) is 17.4. The number of amides is 5. The normalized spacial score (nSPS) is 23.5. The monoisotopic (exact) mass is 884 g/mol. The summed E-state index contributed by atoms with van der Waals surface area (Å²) in [5, 5.41) is 17.4. The molecule has 0 radical (unpaired) electrons. The molecule has 63 heavy (non-hydrogen) atoms. The summed E-state index contributed by atoms with van der Waals surface area (Å²) in [5.41, 5.74) is 6.33. The SMILES string of the molecule is COc1cc(NCC2NC3(CCCCC3)[C@]34C(=O)Nc5cc(Cl)c(cc53)-c3c(Cl)cccc3[C@@H]24)ccc1C(=O)NCCCC#Cc1cccc2c1CN(C1CCC(=O)NC1=O)C2=O. The van der Waals surface area contributed by atoms with E-state index in [1.807, 2.05) is 36.4 Å². The van der Waals surface area contributed by atoms with E-state index in [0.29, 0.717) is 59.3 Å². The lowest BCUT2D eigenvalue weighted by Crippen LogP contribution is -2.60. The second-order valence-corrected chi connectivity index (χ2v) is 18.2. The molecule has 322 valence electrons. The van der Waals surface area contributed by atoms with Gasteiger partial charge in [-0.05, 0) is 84.8 Å².